The average Bonchev–Trinajstić information content (AvgIpc) is 3.54. The van der Waals surface area contributed by atoms with Crippen LogP contribution in [0.25, 0.3) is 11.3 Å². The van der Waals surface area contributed by atoms with E-state index >= 15 is 0 Å². The van der Waals surface area contributed by atoms with E-state index in [2.05, 4.69) is 20.5 Å². The van der Waals surface area contributed by atoms with Crippen molar-refractivity contribution in [3.63, 3.8) is 0 Å². The molecule has 5 rings (SSSR count). The number of nitrogens with zero attached hydrogens (tertiary/aromatic N) is 4. The molecule has 1 saturated heterocycles. The fourth-order valence-corrected chi connectivity index (χ4v) is 4.55. The van der Waals surface area contributed by atoms with Crippen molar-refractivity contribution in [1.29, 1.82) is 0 Å². The van der Waals surface area contributed by atoms with Crippen molar-refractivity contribution in [3.05, 3.63) is 70.0 Å². The Kier molecular flexibility index (Phi) is 6.81. The molecule has 37 heavy (non-hydrogen) atoms. The third-order valence-electron chi connectivity index (χ3n) is 6.42. The molecule has 2 aliphatic heterocycles. The summed E-state index contributed by atoms with van der Waals surface area (Å²) in [5.41, 5.74) is 0.697. The zero-order valence-corrected chi connectivity index (χ0v) is 19.0. The van der Waals surface area contributed by atoms with E-state index in [-0.39, 0.29) is 23.2 Å². The number of ether oxygens (including phenoxy) is 1. The molecular formula is C23H22F3N5O6. The maximum atomic E-state index is 13.7. The number of aliphatic hydroxyl groups is 3. The number of nitrogens with one attached hydrogen (secondary N) is 1. The van der Waals surface area contributed by atoms with Gasteiger partial charge in [-0.05, 0) is 18.2 Å². The third kappa shape index (κ3) is 4.87. The molecule has 2 aliphatic rings. The number of hydrogen-bond acceptors (Lipinski definition) is 9. The first kappa shape index (κ1) is 25.1. The van der Waals surface area contributed by atoms with Crippen molar-refractivity contribution in [2.45, 2.75) is 49.4 Å². The molecule has 0 unspecified atom stereocenters. The summed E-state index contributed by atoms with van der Waals surface area (Å²) in [5, 5.41) is 43.3. The average molecular weight is 521 g/mol. The molecule has 6 atom stereocenters. The van der Waals surface area contributed by atoms with Gasteiger partial charge in [-0.1, -0.05) is 10.4 Å². The topological polar surface area (TPSA) is 155 Å². The molecule has 4 heterocycles. The minimum Gasteiger partial charge on any atom is -0.394 e. The highest BCUT2D eigenvalue weighted by Crippen LogP contribution is 2.34. The van der Waals surface area contributed by atoms with Crippen molar-refractivity contribution in [2.24, 2.45) is 5.16 Å². The standard InChI is InChI=1S/C23H22F3N5O6/c24-13-3-11(4-14(25)20(13)26)16-8-31(30-28-16)21-22(34)17(36-18(9-32)23(21)35)7-12-6-15(29-37-12)10-1-2-27-19(33)5-10/h1-5,8,12,17-18,21-23,32,34-35H,6-7,9H2,(H,27,33)/t12-,17-,18-,21-,22+,23+/m1/s1. The fourth-order valence-electron chi connectivity index (χ4n) is 4.55. The molecule has 1 aromatic carbocycles. The van der Waals surface area contributed by atoms with Crippen LogP contribution in [0.1, 0.15) is 24.4 Å². The highest BCUT2D eigenvalue weighted by Gasteiger charge is 2.47. The maximum Gasteiger partial charge on any atom is 0.248 e. The van der Waals surface area contributed by atoms with E-state index in [0.29, 0.717) is 17.7 Å². The normalized spacial score (nSPS) is 27.7. The number of aromatic nitrogens is 4. The van der Waals surface area contributed by atoms with Crippen LogP contribution in [0.4, 0.5) is 13.2 Å². The van der Waals surface area contributed by atoms with Crippen LogP contribution < -0.4 is 5.56 Å². The Morgan fingerprint density at radius 2 is 1.81 bits per heavy atom. The number of benzene rings is 1. The second kappa shape index (κ2) is 10.0. The summed E-state index contributed by atoms with van der Waals surface area (Å²) in [6.07, 6.45) is -2.17. The number of aliphatic hydroxyl groups excluding tert-OH is 3. The molecule has 2 aromatic heterocycles. The molecule has 0 bridgehead atoms. The van der Waals surface area contributed by atoms with Crippen LogP contribution in [-0.4, -0.2) is 78.1 Å². The van der Waals surface area contributed by atoms with E-state index in [1.807, 2.05) is 0 Å². The number of hydrogen-bond donors (Lipinski definition) is 4. The lowest BCUT2D eigenvalue weighted by Crippen LogP contribution is -2.56. The van der Waals surface area contributed by atoms with Crippen molar-refractivity contribution in [2.75, 3.05) is 6.61 Å². The Morgan fingerprint density at radius 3 is 2.51 bits per heavy atom. The molecule has 1 fully saturated rings. The fraction of sp³-hybridized carbons (Fsp3) is 0.391. The van der Waals surface area contributed by atoms with Gasteiger partial charge in [-0.15, -0.1) is 5.10 Å². The predicted octanol–water partition coefficient (Wildman–Crippen LogP) is 0.657. The molecule has 0 radical (unpaired) electrons. The first-order chi connectivity index (χ1) is 17.7. The zero-order chi connectivity index (χ0) is 26.3. The van der Waals surface area contributed by atoms with Crippen LogP contribution >= 0.6 is 0 Å². The highest BCUT2D eigenvalue weighted by atomic mass is 19.2. The van der Waals surface area contributed by atoms with Gasteiger partial charge in [-0.25, -0.2) is 17.9 Å². The van der Waals surface area contributed by atoms with Gasteiger partial charge in [0.25, 0.3) is 0 Å². The van der Waals surface area contributed by atoms with Gasteiger partial charge in [-0.2, -0.15) is 0 Å². The van der Waals surface area contributed by atoms with Crippen LogP contribution in [0.5, 0.6) is 0 Å². The molecule has 3 aromatic rings. The summed E-state index contributed by atoms with van der Waals surface area (Å²) in [6.45, 7) is -0.573. The van der Waals surface area contributed by atoms with Gasteiger partial charge in [0, 0.05) is 36.2 Å². The molecule has 0 spiro atoms. The first-order valence-electron chi connectivity index (χ1n) is 11.4. The predicted molar refractivity (Wildman–Crippen MR) is 120 cm³/mol. The largest absolute Gasteiger partial charge is 0.394 e. The number of halogens is 3. The number of oxime groups is 1. The number of pyridine rings is 1. The van der Waals surface area contributed by atoms with Crippen molar-refractivity contribution >= 4 is 5.71 Å². The van der Waals surface area contributed by atoms with E-state index in [0.717, 1.165) is 16.8 Å². The van der Waals surface area contributed by atoms with E-state index in [1.54, 1.807) is 6.07 Å². The lowest BCUT2D eigenvalue weighted by molar-refractivity contribution is -0.212. The Bertz CT molecular complexity index is 1360. The number of H-pyrrole nitrogens is 1. The smallest absolute Gasteiger partial charge is 0.248 e. The van der Waals surface area contributed by atoms with Gasteiger partial charge < -0.3 is 29.9 Å². The van der Waals surface area contributed by atoms with E-state index in [4.69, 9.17) is 9.57 Å². The van der Waals surface area contributed by atoms with Gasteiger partial charge in [0.1, 0.15) is 36.2 Å². The molecule has 0 amide bonds. The third-order valence-corrected chi connectivity index (χ3v) is 6.42. The lowest BCUT2D eigenvalue weighted by Gasteiger charge is -2.42. The molecule has 196 valence electrons. The van der Waals surface area contributed by atoms with Crippen LogP contribution in [0.3, 0.4) is 0 Å². The van der Waals surface area contributed by atoms with E-state index < -0.39 is 60.6 Å². The Balaban J connectivity index is 1.34. The quantitative estimate of drug-likeness (QED) is 0.345. The number of rotatable bonds is 6. The zero-order valence-electron chi connectivity index (χ0n) is 19.0. The molecule has 4 N–H and O–H groups in total. The molecule has 14 heteroatoms. The number of aromatic amines is 1. The Labute approximate surface area is 206 Å². The van der Waals surface area contributed by atoms with Gasteiger partial charge >= 0.3 is 0 Å². The summed E-state index contributed by atoms with van der Waals surface area (Å²) < 4.78 is 47.5. The van der Waals surface area contributed by atoms with Crippen molar-refractivity contribution in [3.8, 4) is 11.3 Å². The molecule has 11 nitrogen and oxygen atoms in total. The first-order valence-corrected chi connectivity index (χ1v) is 11.4. The molecular weight excluding hydrogens is 499 g/mol. The second-order valence-corrected chi connectivity index (χ2v) is 8.85. The van der Waals surface area contributed by atoms with Gasteiger partial charge in [-0.3, -0.25) is 4.79 Å². The van der Waals surface area contributed by atoms with Crippen molar-refractivity contribution in [1.82, 2.24) is 20.0 Å². The Morgan fingerprint density at radius 1 is 1.08 bits per heavy atom. The van der Waals surface area contributed by atoms with Crippen LogP contribution in [0, 0.1) is 17.5 Å². The van der Waals surface area contributed by atoms with Gasteiger partial charge in [0.05, 0.1) is 24.6 Å². The van der Waals surface area contributed by atoms with Crippen LogP contribution in [0.2, 0.25) is 0 Å². The summed E-state index contributed by atoms with van der Waals surface area (Å²) >= 11 is 0. The minimum absolute atomic E-state index is 0.0317. The highest BCUT2D eigenvalue weighted by molar-refractivity contribution is 6.01. The van der Waals surface area contributed by atoms with E-state index in [1.165, 1.54) is 18.5 Å². The summed E-state index contributed by atoms with van der Waals surface area (Å²) in [4.78, 5) is 19.6. The minimum atomic E-state index is -1.62. The molecule has 0 aliphatic carbocycles. The SMILES string of the molecule is O=c1cc(C2=NO[C@@H](C[C@H]3O[C@H](CO)[C@H](O)[C@H](n4cc(-c5cc(F)c(F)c(F)c5)nn4)[C@H]3O)C2)cc[nH]1. The van der Waals surface area contributed by atoms with Crippen molar-refractivity contribution < 1.29 is 38.1 Å². The van der Waals surface area contributed by atoms with Crippen LogP contribution in [0.15, 0.2) is 46.6 Å². The van der Waals surface area contributed by atoms with Crippen LogP contribution in [-0.2, 0) is 9.57 Å². The van der Waals surface area contributed by atoms with Gasteiger partial charge in [0.2, 0.25) is 5.56 Å². The summed E-state index contributed by atoms with van der Waals surface area (Å²) in [7, 11) is 0. The Hall–Kier alpha value is -3.59. The van der Waals surface area contributed by atoms with Gasteiger partial charge in [0.15, 0.2) is 17.5 Å². The lowest BCUT2D eigenvalue weighted by atomic mass is 9.89. The second-order valence-electron chi connectivity index (χ2n) is 8.85. The van der Waals surface area contributed by atoms with E-state index in [9.17, 15) is 33.3 Å². The molecule has 0 saturated carbocycles. The monoisotopic (exact) mass is 521 g/mol. The maximum absolute atomic E-state index is 13.7. The summed E-state index contributed by atoms with van der Waals surface area (Å²) in [5.74, 6) is -4.44. The summed E-state index contributed by atoms with van der Waals surface area (Å²) in [6, 6.07) is 3.40.